The summed E-state index contributed by atoms with van der Waals surface area (Å²) in [4.78, 5) is 4.26. The Kier molecular flexibility index (Phi) is 3.92. The number of nitrogens with one attached hydrogen (secondary N) is 1. The molecule has 1 N–H and O–H groups in total. The largest absolute Gasteiger partial charge is 0.474 e. The lowest BCUT2D eigenvalue weighted by Gasteiger charge is -2.13. The third kappa shape index (κ3) is 3.37. The van der Waals surface area contributed by atoms with Crippen LogP contribution >= 0.6 is 0 Å². The average Bonchev–Trinajstić information content (AvgIpc) is 3.02. The Bertz CT molecular complexity index is 588. The first kappa shape index (κ1) is 14.8. The molecule has 2 fully saturated rings. The van der Waals surface area contributed by atoms with Crippen LogP contribution in [0.3, 0.4) is 0 Å². The van der Waals surface area contributed by atoms with Gasteiger partial charge in [0.15, 0.2) is 0 Å². The number of ether oxygens (including phenoxy) is 1. The van der Waals surface area contributed by atoms with Crippen LogP contribution in [0.4, 0.5) is 0 Å². The normalized spacial score (nSPS) is 21.4. The van der Waals surface area contributed by atoms with E-state index in [2.05, 4.69) is 9.71 Å². The Balaban J connectivity index is 1.54. The molecule has 2 aliphatic carbocycles. The number of nitrogens with zero attached hydrogens (tertiary/aromatic N) is 1. The first-order chi connectivity index (χ1) is 9.98. The molecule has 5 nitrogen and oxygen atoms in total. The second-order valence-corrected chi connectivity index (χ2v) is 8.58. The molecule has 21 heavy (non-hydrogen) atoms. The van der Waals surface area contributed by atoms with Crippen molar-refractivity contribution in [1.82, 2.24) is 9.71 Å². The van der Waals surface area contributed by atoms with Crippen LogP contribution in [0, 0.1) is 0 Å². The second-order valence-electron chi connectivity index (χ2n) is 6.30. The van der Waals surface area contributed by atoms with Crippen molar-refractivity contribution in [1.29, 1.82) is 0 Å². The monoisotopic (exact) mass is 310 g/mol. The maximum Gasteiger partial charge on any atom is 0.217 e. The predicted molar refractivity (Wildman–Crippen MR) is 80.5 cm³/mol. The number of aromatic nitrogens is 1. The van der Waals surface area contributed by atoms with E-state index in [9.17, 15) is 8.42 Å². The van der Waals surface area contributed by atoms with Gasteiger partial charge in [0.2, 0.25) is 15.9 Å². The molecule has 2 aliphatic rings. The molecule has 0 aromatic carbocycles. The van der Waals surface area contributed by atoms with Crippen molar-refractivity contribution in [2.75, 3.05) is 0 Å². The standard InChI is InChI=1S/C15H22N2O3S/c1-15(8-9-15)21(18,19)17-11-12-6-7-14(16-10-12)20-13-4-2-3-5-13/h6-7,10,13,17H,2-5,8-9,11H2,1H3. The molecule has 0 unspecified atom stereocenters. The van der Waals surface area contributed by atoms with Crippen molar-refractivity contribution in [3.05, 3.63) is 23.9 Å². The van der Waals surface area contributed by atoms with E-state index in [-0.39, 0.29) is 12.6 Å². The molecule has 1 aromatic heterocycles. The van der Waals surface area contributed by atoms with Crippen molar-refractivity contribution >= 4 is 10.0 Å². The van der Waals surface area contributed by atoms with Gasteiger partial charge in [-0.05, 0) is 51.0 Å². The Morgan fingerprint density at radius 2 is 2.05 bits per heavy atom. The molecule has 0 bridgehead atoms. The summed E-state index contributed by atoms with van der Waals surface area (Å²) in [5.41, 5.74) is 0.849. The lowest BCUT2D eigenvalue weighted by molar-refractivity contribution is 0.201. The van der Waals surface area contributed by atoms with E-state index in [1.165, 1.54) is 12.8 Å². The molecular formula is C15H22N2O3S. The van der Waals surface area contributed by atoms with Crippen molar-refractivity contribution < 1.29 is 13.2 Å². The number of hydrogen-bond acceptors (Lipinski definition) is 4. The summed E-state index contributed by atoms with van der Waals surface area (Å²) < 4.78 is 31.9. The third-order valence-corrected chi connectivity index (χ3v) is 6.69. The Morgan fingerprint density at radius 3 is 2.62 bits per heavy atom. The molecule has 0 amide bonds. The Labute approximate surface area is 126 Å². The van der Waals surface area contributed by atoms with E-state index >= 15 is 0 Å². The van der Waals surface area contributed by atoms with Crippen LogP contribution in [0.1, 0.15) is 51.0 Å². The molecule has 1 heterocycles. The third-order valence-electron chi connectivity index (χ3n) is 4.46. The van der Waals surface area contributed by atoms with Gasteiger partial charge in [0.05, 0.1) is 4.75 Å². The summed E-state index contributed by atoms with van der Waals surface area (Å²) in [6.45, 7) is 2.07. The van der Waals surface area contributed by atoms with E-state index in [0.29, 0.717) is 5.88 Å². The van der Waals surface area contributed by atoms with Crippen molar-refractivity contribution in [2.45, 2.75) is 62.8 Å². The van der Waals surface area contributed by atoms with E-state index < -0.39 is 14.8 Å². The van der Waals surface area contributed by atoms with Crippen molar-refractivity contribution in [3.63, 3.8) is 0 Å². The number of sulfonamides is 1. The molecule has 6 heteroatoms. The number of hydrogen-bond donors (Lipinski definition) is 1. The zero-order valence-electron chi connectivity index (χ0n) is 12.3. The van der Waals surface area contributed by atoms with Crippen LogP contribution in [0.2, 0.25) is 0 Å². The van der Waals surface area contributed by atoms with Crippen LogP contribution in [0.15, 0.2) is 18.3 Å². The minimum atomic E-state index is -3.22. The highest BCUT2D eigenvalue weighted by molar-refractivity contribution is 7.91. The van der Waals surface area contributed by atoms with Gasteiger partial charge in [-0.15, -0.1) is 0 Å². The topological polar surface area (TPSA) is 68.3 Å². The molecular weight excluding hydrogens is 288 g/mol. The zero-order chi connectivity index (χ0) is 14.9. The van der Waals surface area contributed by atoms with Gasteiger partial charge >= 0.3 is 0 Å². The van der Waals surface area contributed by atoms with Crippen LogP contribution < -0.4 is 9.46 Å². The van der Waals surface area contributed by atoms with Crippen LogP contribution in [0.25, 0.3) is 0 Å². The molecule has 0 radical (unpaired) electrons. The van der Waals surface area contributed by atoms with Gasteiger partial charge in [0.25, 0.3) is 0 Å². The molecule has 3 rings (SSSR count). The number of pyridine rings is 1. The van der Waals surface area contributed by atoms with Crippen molar-refractivity contribution in [3.8, 4) is 5.88 Å². The minimum absolute atomic E-state index is 0.286. The highest BCUT2D eigenvalue weighted by Crippen LogP contribution is 2.42. The lowest BCUT2D eigenvalue weighted by Crippen LogP contribution is -2.33. The Hall–Kier alpha value is -1.14. The maximum atomic E-state index is 12.0. The van der Waals surface area contributed by atoms with E-state index in [1.54, 1.807) is 13.1 Å². The summed E-state index contributed by atoms with van der Waals surface area (Å²) in [6, 6.07) is 3.69. The first-order valence-electron chi connectivity index (χ1n) is 7.59. The van der Waals surface area contributed by atoms with E-state index in [4.69, 9.17) is 4.74 Å². The molecule has 1 aromatic rings. The van der Waals surface area contributed by atoms with Crippen LogP contribution in [0.5, 0.6) is 5.88 Å². The van der Waals surface area contributed by atoms with Gasteiger partial charge in [-0.3, -0.25) is 0 Å². The highest BCUT2D eigenvalue weighted by Gasteiger charge is 2.49. The SMILES string of the molecule is CC1(S(=O)(=O)NCc2ccc(OC3CCCC3)nc2)CC1. The average molecular weight is 310 g/mol. The highest BCUT2D eigenvalue weighted by atomic mass is 32.2. The first-order valence-corrected chi connectivity index (χ1v) is 9.08. The molecule has 116 valence electrons. The number of rotatable bonds is 6. The fourth-order valence-corrected chi connectivity index (χ4v) is 3.90. The van der Waals surface area contributed by atoms with Gasteiger partial charge < -0.3 is 4.74 Å². The van der Waals surface area contributed by atoms with Gasteiger partial charge in [0.1, 0.15) is 6.10 Å². The van der Waals surface area contributed by atoms with Crippen LogP contribution in [-0.2, 0) is 16.6 Å². The summed E-state index contributed by atoms with van der Waals surface area (Å²) in [7, 11) is -3.22. The molecule has 2 saturated carbocycles. The quantitative estimate of drug-likeness (QED) is 0.876. The summed E-state index contributed by atoms with van der Waals surface area (Å²) in [5, 5.41) is 0. The minimum Gasteiger partial charge on any atom is -0.474 e. The molecule has 0 spiro atoms. The smallest absolute Gasteiger partial charge is 0.217 e. The van der Waals surface area contributed by atoms with E-state index in [0.717, 1.165) is 31.2 Å². The Morgan fingerprint density at radius 1 is 1.33 bits per heavy atom. The molecule has 0 atom stereocenters. The zero-order valence-corrected chi connectivity index (χ0v) is 13.2. The van der Waals surface area contributed by atoms with Gasteiger partial charge in [-0.1, -0.05) is 6.07 Å². The van der Waals surface area contributed by atoms with Gasteiger partial charge in [-0.25, -0.2) is 18.1 Å². The summed E-state index contributed by atoms with van der Waals surface area (Å²) in [5.74, 6) is 0.627. The fraction of sp³-hybridized carbons (Fsp3) is 0.667. The fourth-order valence-electron chi connectivity index (χ4n) is 2.56. The summed E-state index contributed by atoms with van der Waals surface area (Å²) >= 11 is 0. The van der Waals surface area contributed by atoms with Gasteiger partial charge in [-0.2, -0.15) is 0 Å². The second kappa shape index (κ2) is 5.57. The molecule has 0 saturated heterocycles. The van der Waals surface area contributed by atoms with E-state index in [1.807, 2.05) is 12.1 Å². The maximum absolute atomic E-state index is 12.0. The molecule has 0 aliphatic heterocycles. The lowest BCUT2D eigenvalue weighted by atomic mass is 10.3. The summed E-state index contributed by atoms with van der Waals surface area (Å²) in [6.07, 6.45) is 8.11. The van der Waals surface area contributed by atoms with Crippen molar-refractivity contribution in [2.24, 2.45) is 0 Å². The predicted octanol–water partition coefficient (Wildman–Crippen LogP) is 2.37. The van der Waals surface area contributed by atoms with Gasteiger partial charge in [0, 0.05) is 18.8 Å². The van der Waals surface area contributed by atoms with Crippen LogP contribution in [-0.4, -0.2) is 24.3 Å².